The molecule has 3 heterocycles. The quantitative estimate of drug-likeness (QED) is 0.671. The lowest BCUT2D eigenvalue weighted by Crippen LogP contribution is -2.51. The molecule has 7 nitrogen and oxygen atoms in total. The predicted molar refractivity (Wildman–Crippen MR) is 120 cm³/mol. The molecule has 1 N–H and O–H groups in total. The number of fused-ring (bicyclic) bond motifs is 1. The largest absolute Gasteiger partial charge is 0.497 e. The molecule has 5 rings (SSSR count). The van der Waals surface area contributed by atoms with Crippen molar-refractivity contribution in [2.45, 2.75) is 31.3 Å². The van der Waals surface area contributed by atoms with E-state index in [2.05, 4.69) is 22.3 Å². The predicted octanol–water partition coefficient (Wildman–Crippen LogP) is 4.09. The Morgan fingerprint density at radius 1 is 1.06 bits per heavy atom. The maximum absolute atomic E-state index is 13.1. The number of hydrogen-bond donors (Lipinski definition) is 1. The summed E-state index contributed by atoms with van der Waals surface area (Å²) in [4.78, 5) is 15.0. The van der Waals surface area contributed by atoms with Crippen LogP contribution in [0.1, 0.15) is 35.3 Å². The number of carbonyl (C=O) groups excluding carboxylic acids is 1. The summed E-state index contributed by atoms with van der Waals surface area (Å²) < 4.78 is 17.2. The Hall–Kier alpha value is -3.48. The average Bonchev–Trinajstić information content (AvgIpc) is 3.34. The molecule has 2 aliphatic heterocycles. The number of nitrogens with one attached hydrogen (secondary N) is 1. The fraction of sp³-hybridized carbons (Fsp3) is 0.360. The number of likely N-dealkylation sites (tertiary alicyclic amines) is 1. The first-order valence-corrected chi connectivity index (χ1v) is 10.9. The van der Waals surface area contributed by atoms with Gasteiger partial charge < -0.3 is 19.1 Å². The van der Waals surface area contributed by atoms with Crippen LogP contribution in [0.3, 0.4) is 0 Å². The fourth-order valence-electron chi connectivity index (χ4n) is 4.68. The monoisotopic (exact) mass is 433 g/mol. The van der Waals surface area contributed by atoms with Crippen molar-refractivity contribution in [2.24, 2.45) is 0 Å². The van der Waals surface area contributed by atoms with E-state index in [1.807, 2.05) is 35.2 Å². The van der Waals surface area contributed by atoms with Crippen molar-refractivity contribution < 1.29 is 19.0 Å². The SMILES string of the molecule is COc1ccc(OC)c(-c2cc(C(=O)N3CCC4(CCc5ccccc5O4)CC3)[nH]n2)c1. The highest BCUT2D eigenvalue weighted by Crippen LogP contribution is 2.39. The summed E-state index contributed by atoms with van der Waals surface area (Å²) in [5.41, 5.74) is 2.99. The Kier molecular flexibility index (Phi) is 5.25. The van der Waals surface area contributed by atoms with Crippen LogP contribution in [0, 0.1) is 0 Å². The Labute approximate surface area is 187 Å². The van der Waals surface area contributed by atoms with Crippen LogP contribution in [0.2, 0.25) is 0 Å². The van der Waals surface area contributed by atoms with E-state index in [1.165, 1.54) is 5.56 Å². The van der Waals surface area contributed by atoms with Gasteiger partial charge in [0.1, 0.15) is 28.5 Å². The topological polar surface area (TPSA) is 76.7 Å². The van der Waals surface area contributed by atoms with Crippen molar-refractivity contribution in [1.29, 1.82) is 0 Å². The molecule has 0 aliphatic carbocycles. The van der Waals surface area contributed by atoms with Crippen LogP contribution in [0.15, 0.2) is 48.5 Å². The van der Waals surface area contributed by atoms with Gasteiger partial charge in [-0.3, -0.25) is 9.89 Å². The van der Waals surface area contributed by atoms with Gasteiger partial charge in [0.2, 0.25) is 0 Å². The van der Waals surface area contributed by atoms with Crippen LogP contribution in [0.25, 0.3) is 11.3 Å². The molecule has 0 unspecified atom stereocenters. The number of piperidine rings is 1. The van der Waals surface area contributed by atoms with Gasteiger partial charge >= 0.3 is 0 Å². The Balaban J connectivity index is 1.29. The van der Waals surface area contributed by atoms with Crippen molar-refractivity contribution in [1.82, 2.24) is 15.1 Å². The molecular weight excluding hydrogens is 406 g/mol. The highest BCUT2D eigenvalue weighted by Gasteiger charge is 2.40. The molecule has 32 heavy (non-hydrogen) atoms. The molecule has 3 aromatic rings. The van der Waals surface area contributed by atoms with Crippen LogP contribution < -0.4 is 14.2 Å². The van der Waals surface area contributed by atoms with Gasteiger partial charge in [0.25, 0.3) is 5.91 Å². The highest BCUT2D eigenvalue weighted by molar-refractivity contribution is 5.93. The van der Waals surface area contributed by atoms with Gasteiger partial charge in [0.15, 0.2) is 0 Å². The second kappa shape index (κ2) is 8.22. The number of aromatic nitrogens is 2. The molecule has 1 saturated heterocycles. The van der Waals surface area contributed by atoms with E-state index >= 15 is 0 Å². The molecule has 1 spiro atoms. The zero-order chi connectivity index (χ0) is 22.1. The van der Waals surface area contributed by atoms with Crippen molar-refractivity contribution in [3.05, 3.63) is 59.8 Å². The van der Waals surface area contributed by atoms with E-state index in [9.17, 15) is 4.79 Å². The van der Waals surface area contributed by atoms with E-state index in [0.717, 1.165) is 37.0 Å². The highest BCUT2D eigenvalue weighted by atomic mass is 16.5. The van der Waals surface area contributed by atoms with Gasteiger partial charge in [0, 0.05) is 31.5 Å². The van der Waals surface area contributed by atoms with E-state index in [0.29, 0.717) is 36.0 Å². The third-order valence-corrected chi connectivity index (χ3v) is 6.60. The number of H-pyrrole nitrogens is 1. The second-order valence-electron chi connectivity index (χ2n) is 8.42. The molecule has 1 aromatic heterocycles. The summed E-state index contributed by atoms with van der Waals surface area (Å²) in [7, 11) is 3.22. The van der Waals surface area contributed by atoms with E-state index in [-0.39, 0.29) is 11.5 Å². The molecule has 0 radical (unpaired) electrons. The molecule has 1 amide bonds. The summed E-state index contributed by atoms with van der Waals surface area (Å²) in [6, 6.07) is 15.5. The minimum Gasteiger partial charge on any atom is -0.497 e. The summed E-state index contributed by atoms with van der Waals surface area (Å²) >= 11 is 0. The van der Waals surface area contributed by atoms with Crippen molar-refractivity contribution in [3.8, 4) is 28.5 Å². The number of para-hydroxylation sites is 1. The lowest BCUT2D eigenvalue weighted by molar-refractivity contribution is -0.0108. The lowest BCUT2D eigenvalue weighted by atomic mass is 9.83. The van der Waals surface area contributed by atoms with Gasteiger partial charge in [-0.2, -0.15) is 5.10 Å². The number of hydrogen-bond acceptors (Lipinski definition) is 5. The minimum atomic E-state index is -0.168. The smallest absolute Gasteiger partial charge is 0.271 e. The van der Waals surface area contributed by atoms with Gasteiger partial charge in [-0.15, -0.1) is 0 Å². The van der Waals surface area contributed by atoms with Gasteiger partial charge in [-0.25, -0.2) is 0 Å². The summed E-state index contributed by atoms with van der Waals surface area (Å²) in [5, 5.41) is 7.27. The number of methoxy groups -OCH3 is 2. The maximum Gasteiger partial charge on any atom is 0.271 e. The number of aromatic amines is 1. The zero-order valence-corrected chi connectivity index (χ0v) is 18.4. The van der Waals surface area contributed by atoms with Gasteiger partial charge in [-0.1, -0.05) is 18.2 Å². The molecule has 0 atom stereocenters. The van der Waals surface area contributed by atoms with Crippen molar-refractivity contribution >= 4 is 5.91 Å². The van der Waals surface area contributed by atoms with E-state index in [4.69, 9.17) is 14.2 Å². The molecule has 0 saturated carbocycles. The number of amides is 1. The van der Waals surface area contributed by atoms with Gasteiger partial charge in [0.05, 0.1) is 19.9 Å². The number of nitrogens with zero attached hydrogens (tertiary/aromatic N) is 2. The Morgan fingerprint density at radius 2 is 1.88 bits per heavy atom. The average molecular weight is 434 g/mol. The second-order valence-corrected chi connectivity index (χ2v) is 8.42. The number of carbonyl (C=O) groups is 1. The first kappa shape index (κ1) is 20.4. The van der Waals surface area contributed by atoms with Crippen LogP contribution >= 0.6 is 0 Å². The molecular formula is C25H27N3O4. The lowest BCUT2D eigenvalue weighted by Gasteiger charge is -2.44. The number of rotatable bonds is 4. The van der Waals surface area contributed by atoms with Crippen LogP contribution in [0.5, 0.6) is 17.2 Å². The standard InChI is InChI=1S/C25H27N3O4/c1-30-18-7-8-23(31-2)19(15-18)20-16-21(27-26-20)24(29)28-13-11-25(12-14-28)10-9-17-5-3-4-6-22(17)32-25/h3-8,15-16H,9-14H2,1-2H3,(H,26,27). The summed E-state index contributed by atoms with van der Waals surface area (Å²) in [6.07, 6.45) is 3.68. The number of aryl methyl sites for hydroxylation is 1. The summed E-state index contributed by atoms with van der Waals surface area (Å²) in [5.74, 6) is 2.32. The fourth-order valence-corrected chi connectivity index (χ4v) is 4.68. The zero-order valence-electron chi connectivity index (χ0n) is 18.4. The van der Waals surface area contributed by atoms with Gasteiger partial charge in [-0.05, 0) is 48.7 Å². The molecule has 1 fully saturated rings. The number of benzene rings is 2. The first-order valence-electron chi connectivity index (χ1n) is 10.9. The maximum atomic E-state index is 13.1. The molecule has 7 heteroatoms. The third-order valence-electron chi connectivity index (χ3n) is 6.60. The normalized spacial score (nSPS) is 16.9. The minimum absolute atomic E-state index is 0.0447. The summed E-state index contributed by atoms with van der Waals surface area (Å²) in [6.45, 7) is 1.33. The van der Waals surface area contributed by atoms with Crippen molar-refractivity contribution in [3.63, 3.8) is 0 Å². The third kappa shape index (κ3) is 3.68. The van der Waals surface area contributed by atoms with Crippen LogP contribution in [0.4, 0.5) is 0 Å². The Bertz CT molecular complexity index is 1130. The first-order chi connectivity index (χ1) is 15.6. The number of ether oxygens (including phenoxy) is 3. The van der Waals surface area contributed by atoms with E-state index in [1.54, 1.807) is 20.3 Å². The van der Waals surface area contributed by atoms with Crippen molar-refractivity contribution in [2.75, 3.05) is 27.3 Å². The molecule has 2 aromatic carbocycles. The molecule has 166 valence electrons. The molecule has 0 bridgehead atoms. The van der Waals surface area contributed by atoms with E-state index < -0.39 is 0 Å². The molecule has 2 aliphatic rings. The van der Waals surface area contributed by atoms with Crippen LogP contribution in [-0.4, -0.2) is 53.9 Å². The Morgan fingerprint density at radius 3 is 2.66 bits per heavy atom. The van der Waals surface area contributed by atoms with Crippen LogP contribution in [-0.2, 0) is 6.42 Å².